The summed E-state index contributed by atoms with van der Waals surface area (Å²) in [4.78, 5) is 8.14. The van der Waals surface area contributed by atoms with Gasteiger partial charge in [-0.3, -0.25) is 14.7 Å². The molecule has 3 saturated heterocycles. The highest BCUT2D eigenvalue weighted by Gasteiger charge is 2.49. The quantitative estimate of drug-likeness (QED) is 0.775. The monoisotopic (exact) mass is 293 g/mol. The Morgan fingerprint density at radius 1 is 0.952 bits per heavy atom. The van der Waals surface area contributed by atoms with E-state index in [0.29, 0.717) is 11.0 Å². The van der Waals surface area contributed by atoms with Gasteiger partial charge in [0.1, 0.15) is 0 Å². The van der Waals surface area contributed by atoms with E-state index >= 15 is 0 Å². The first-order valence-corrected chi connectivity index (χ1v) is 9.02. The van der Waals surface area contributed by atoms with E-state index in [4.69, 9.17) is 0 Å². The lowest BCUT2D eigenvalue weighted by Crippen LogP contribution is -2.60. The highest BCUT2D eigenvalue weighted by molar-refractivity contribution is 5.03. The van der Waals surface area contributed by atoms with Gasteiger partial charge >= 0.3 is 0 Å². The summed E-state index contributed by atoms with van der Waals surface area (Å²) < 4.78 is 0. The first-order chi connectivity index (χ1) is 9.79. The molecule has 0 N–H and O–H groups in total. The van der Waals surface area contributed by atoms with E-state index in [-0.39, 0.29) is 0 Å². The lowest BCUT2D eigenvalue weighted by atomic mass is 9.78. The molecule has 3 heteroatoms. The van der Waals surface area contributed by atoms with Crippen molar-refractivity contribution < 1.29 is 0 Å². The topological polar surface area (TPSA) is 9.72 Å². The van der Waals surface area contributed by atoms with Gasteiger partial charge in [0.25, 0.3) is 0 Å². The van der Waals surface area contributed by atoms with Crippen LogP contribution >= 0.6 is 0 Å². The van der Waals surface area contributed by atoms with Crippen molar-refractivity contribution in [3.05, 3.63) is 0 Å². The van der Waals surface area contributed by atoms with Crippen LogP contribution in [0.2, 0.25) is 0 Å². The summed E-state index contributed by atoms with van der Waals surface area (Å²) in [5.41, 5.74) is 1.01. The summed E-state index contributed by atoms with van der Waals surface area (Å²) in [6.07, 6.45) is 4.19. The summed E-state index contributed by atoms with van der Waals surface area (Å²) in [5, 5.41) is 0. The Morgan fingerprint density at radius 2 is 1.57 bits per heavy atom. The molecule has 3 nitrogen and oxygen atoms in total. The van der Waals surface area contributed by atoms with E-state index in [1.54, 1.807) is 0 Å². The van der Waals surface area contributed by atoms with Crippen molar-refractivity contribution in [2.75, 3.05) is 39.3 Å². The number of piperidine rings is 1. The molecule has 0 bridgehead atoms. The predicted molar refractivity (Wildman–Crippen MR) is 89.7 cm³/mol. The van der Waals surface area contributed by atoms with Crippen LogP contribution in [0.1, 0.15) is 53.9 Å². The summed E-state index contributed by atoms with van der Waals surface area (Å²) in [6, 6.07) is 1.59. The van der Waals surface area contributed by atoms with Gasteiger partial charge in [-0.05, 0) is 60.4 Å². The summed E-state index contributed by atoms with van der Waals surface area (Å²) in [6.45, 7) is 19.7. The van der Waals surface area contributed by atoms with Gasteiger partial charge in [0.05, 0.1) is 0 Å². The minimum absolute atomic E-state index is 0.350. The smallest absolute Gasteiger partial charge is 0.0125 e. The van der Waals surface area contributed by atoms with Crippen LogP contribution in [0.5, 0.6) is 0 Å². The maximum Gasteiger partial charge on any atom is 0.0125 e. The van der Waals surface area contributed by atoms with Crippen molar-refractivity contribution in [3.63, 3.8) is 0 Å². The van der Waals surface area contributed by atoms with Crippen molar-refractivity contribution in [1.82, 2.24) is 14.7 Å². The first-order valence-electron chi connectivity index (χ1n) is 9.02. The third-order valence-corrected chi connectivity index (χ3v) is 6.20. The largest absolute Gasteiger partial charge is 0.300 e. The lowest BCUT2D eigenvalue weighted by Gasteiger charge is -2.51. The molecule has 0 amide bonds. The van der Waals surface area contributed by atoms with E-state index in [1.165, 1.54) is 58.5 Å². The standard InChI is InChI=1S/C18H35N3/c1-15(2)20-13-18(14-20)8-11-19(12-18)16-6-9-21(10-7-16)17(3,4)5/h15-16H,6-14H2,1-5H3. The van der Waals surface area contributed by atoms with E-state index in [1.807, 2.05) is 0 Å². The molecule has 3 aliphatic heterocycles. The van der Waals surface area contributed by atoms with Crippen molar-refractivity contribution in [1.29, 1.82) is 0 Å². The second-order valence-electron chi connectivity index (χ2n) is 9.11. The van der Waals surface area contributed by atoms with E-state index in [2.05, 4.69) is 49.3 Å². The molecule has 3 rings (SSSR count). The summed E-state index contributed by atoms with van der Waals surface area (Å²) in [5.74, 6) is 0. The highest BCUT2D eigenvalue weighted by Crippen LogP contribution is 2.42. The zero-order valence-corrected chi connectivity index (χ0v) is 14.9. The van der Waals surface area contributed by atoms with Gasteiger partial charge in [-0.2, -0.15) is 0 Å². The van der Waals surface area contributed by atoms with Crippen molar-refractivity contribution >= 4 is 0 Å². The summed E-state index contributed by atoms with van der Waals surface area (Å²) in [7, 11) is 0. The number of hydrogen-bond donors (Lipinski definition) is 0. The average molecular weight is 293 g/mol. The molecule has 21 heavy (non-hydrogen) atoms. The van der Waals surface area contributed by atoms with Crippen LogP contribution < -0.4 is 0 Å². The van der Waals surface area contributed by atoms with E-state index < -0.39 is 0 Å². The third-order valence-electron chi connectivity index (χ3n) is 6.20. The Morgan fingerprint density at radius 3 is 2.10 bits per heavy atom. The van der Waals surface area contributed by atoms with E-state index in [0.717, 1.165) is 12.1 Å². The first kappa shape index (κ1) is 15.8. The lowest BCUT2D eigenvalue weighted by molar-refractivity contribution is -0.0205. The molecule has 0 aromatic heterocycles. The van der Waals surface area contributed by atoms with Gasteiger partial charge in [-0.1, -0.05) is 0 Å². The fourth-order valence-electron chi connectivity index (χ4n) is 4.62. The van der Waals surface area contributed by atoms with Crippen LogP contribution in [0.4, 0.5) is 0 Å². The maximum absolute atomic E-state index is 2.83. The molecule has 0 radical (unpaired) electrons. The minimum Gasteiger partial charge on any atom is -0.300 e. The SMILES string of the molecule is CC(C)N1CC2(CCN(C3CCN(C(C)(C)C)CC3)C2)C1. The van der Waals surface area contributed by atoms with Crippen LogP contribution in [0.3, 0.4) is 0 Å². The van der Waals surface area contributed by atoms with Crippen LogP contribution in [-0.2, 0) is 0 Å². The molecule has 1 spiro atoms. The number of rotatable bonds is 2. The van der Waals surface area contributed by atoms with Crippen molar-refractivity contribution in [2.45, 2.75) is 71.5 Å². The third kappa shape index (κ3) is 3.16. The van der Waals surface area contributed by atoms with Gasteiger partial charge in [0, 0.05) is 55.8 Å². The number of nitrogens with zero attached hydrogens (tertiary/aromatic N) is 3. The fourth-order valence-corrected chi connectivity index (χ4v) is 4.62. The molecule has 3 heterocycles. The van der Waals surface area contributed by atoms with Crippen molar-refractivity contribution in [2.24, 2.45) is 5.41 Å². The van der Waals surface area contributed by atoms with E-state index in [9.17, 15) is 0 Å². The summed E-state index contributed by atoms with van der Waals surface area (Å²) >= 11 is 0. The Bertz CT molecular complexity index is 357. The molecule has 0 saturated carbocycles. The van der Waals surface area contributed by atoms with Crippen LogP contribution in [0, 0.1) is 5.41 Å². The molecule has 0 aliphatic carbocycles. The second-order valence-corrected chi connectivity index (χ2v) is 9.11. The molecular formula is C18H35N3. The molecule has 0 aromatic carbocycles. The molecule has 0 unspecified atom stereocenters. The van der Waals surface area contributed by atoms with Gasteiger partial charge in [0.15, 0.2) is 0 Å². The second kappa shape index (κ2) is 5.50. The predicted octanol–water partition coefficient (Wildman–Crippen LogP) is 2.67. The Balaban J connectivity index is 1.48. The molecular weight excluding hydrogens is 258 g/mol. The van der Waals surface area contributed by atoms with Crippen LogP contribution in [0.25, 0.3) is 0 Å². The Hall–Kier alpha value is -0.120. The van der Waals surface area contributed by atoms with Gasteiger partial charge < -0.3 is 0 Å². The minimum atomic E-state index is 0.350. The Kier molecular flexibility index (Phi) is 4.13. The van der Waals surface area contributed by atoms with Gasteiger partial charge in [0.2, 0.25) is 0 Å². The number of hydrogen-bond acceptors (Lipinski definition) is 3. The Labute approximate surface area is 131 Å². The van der Waals surface area contributed by atoms with Gasteiger partial charge in [-0.15, -0.1) is 0 Å². The molecule has 0 atom stereocenters. The zero-order chi connectivity index (χ0) is 15.3. The zero-order valence-electron chi connectivity index (χ0n) is 14.9. The molecule has 3 aliphatic rings. The maximum atomic E-state index is 2.83. The van der Waals surface area contributed by atoms with Crippen molar-refractivity contribution in [3.8, 4) is 0 Å². The average Bonchev–Trinajstić information content (AvgIpc) is 2.81. The van der Waals surface area contributed by atoms with Gasteiger partial charge in [-0.25, -0.2) is 0 Å². The molecule has 122 valence electrons. The normalized spacial score (nSPS) is 29.4. The molecule has 3 fully saturated rings. The van der Waals surface area contributed by atoms with Crippen LogP contribution in [0.15, 0.2) is 0 Å². The van der Waals surface area contributed by atoms with Crippen LogP contribution in [-0.4, -0.2) is 71.6 Å². The highest BCUT2D eigenvalue weighted by atomic mass is 15.3. The fraction of sp³-hybridized carbons (Fsp3) is 1.00. The molecule has 0 aromatic rings. The number of likely N-dealkylation sites (tertiary alicyclic amines) is 3.